The van der Waals surface area contributed by atoms with E-state index in [1.807, 2.05) is 0 Å². The first-order valence-corrected chi connectivity index (χ1v) is 9.84. The summed E-state index contributed by atoms with van der Waals surface area (Å²) >= 11 is 0. The van der Waals surface area contributed by atoms with E-state index in [0.29, 0.717) is 17.0 Å². The minimum absolute atomic E-state index is 0.0721. The molecule has 172 valence electrons. The molecule has 1 atom stereocenters. The maximum absolute atomic E-state index is 12.9. The summed E-state index contributed by atoms with van der Waals surface area (Å²) in [6, 6.07) is 13.0. The lowest BCUT2D eigenvalue weighted by molar-refractivity contribution is -0.137. The number of carbonyl (C=O) groups excluding carboxylic acids is 1. The van der Waals surface area contributed by atoms with Crippen molar-refractivity contribution in [2.24, 2.45) is 0 Å². The van der Waals surface area contributed by atoms with Crippen molar-refractivity contribution >= 4 is 17.7 Å². The molecule has 10 heteroatoms. The molecule has 0 aliphatic rings. The largest absolute Gasteiger partial charge is 0.486 e. The van der Waals surface area contributed by atoms with Crippen LogP contribution in [-0.4, -0.2) is 28.6 Å². The van der Waals surface area contributed by atoms with Gasteiger partial charge in [-0.05, 0) is 54.1 Å². The Morgan fingerprint density at radius 2 is 1.61 bits per heavy atom. The van der Waals surface area contributed by atoms with E-state index in [4.69, 9.17) is 9.84 Å². The fraction of sp³-hybridized carbons (Fsp3) is 0.174. The highest BCUT2D eigenvalue weighted by atomic mass is 19.4. The Balaban J connectivity index is 1.69. The quantitative estimate of drug-likeness (QED) is 0.434. The van der Waals surface area contributed by atoms with Gasteiger partial charge in [0.2, 0.25) is 0 Å². The zero-order valence-electron chi connectivity index (χ0n) is 17.2. The van der Waals surface area contributed by atoms with E-state index in [0.717, 1.165) is 12.1 Å². The fourth-order valence-corrected chi connectivity index (χ4v) is 2.95. The van der Waals surface area contributed by atoms with Crippen molar-refractivity contribution in [3.8, 4) is 5.75 Å². The number of nitrogens with zero attached hydrogens (tertiary/aromatic N) is 1. The van der Waals surface area contributed by atoms with Gasteiger partial charge in [0.25, 0.3) is 0 Å². The third-order valence-corrected chi connectivity index (χ3v) is 4.62. The number of urea groups is 1. The predicted octanol–water partition coefficient (Wildman–Crippen LogP) is 5.13. The number of anilines is 1. The van der Waals surface area contributed by atoms with Crippen LogP contribution >= 0.6 is 0 Å². The third kappa shape index (κ3) is 6.96. The van der Waals surface area contributed by atoms with Crippen LogP contribution in [0.1, 0.15) is 34.0 Å². The van der Waals surface area contributed by atoms with E-state index in [2.05, 4.69) is 15.6 Å². The molecule has 0 spiro atoms. The van der Waals surface area contributed by atoms with Gasteiger partial charge in [0.15, 0.2) is 0 Å². The molecule has 1 unspecified atom stereocenters. The molecule has 3 rings (SSSR count). The topological polar surface area (TPSA) is 101 Å². The van der Waals surface area contributed by atoms with Crippen molar-refractivity contribution < 1.29 is 32.6 Å². The molecule has 1 heterocycles. The van der Waals surface area contributed by atoms with Crippen molar-refractivity contribution in [3.05, 3.63) is 89.7 Å². The summed E-state index contributed by atoms with van der Waals surface area (Å²) in [6.45, 7) is 0.163. The molecule has 3 N–H and O–H groups in total. The number of carboxylic acid groups (broad SMARTS) is 1. The smallest absolute Gasteiger partial charge is 0.416 e. The van der Waals surface area contributed by atoms with E-state index in [9.17, 15) is 22.8 Å². The van der Waals surface area contributed by atoms with Gasteiger partial charge in [-0.15, -0.1) is 0 Å². The highest BCUT2D eigenvalue weighted by Gasteiger charge is 2.30. The Hall–Kier alpha value is -4.08. The first kappa shape index (κ1) is 23.6. The average Bonchev–Trinajstić information content (AvgIpc) is 2.79. The molecule has 0 aliphatic heterocycles. The number of amides is 2. The number of aromatic carboxylic acids is 1. The number of carboxylic acids is 1. The van der Waals surface area contributed by atoms with Gasteiger partial charge in [0.05, 0.1) is 11.1 Å². The summed E-state index contributed by atoms with van der Waals surface area (Å²) in [6.07, 6.45) is -1.85. The van der Waals surface area contributed by atoms with Crippen molar-refractivity contribution in [1.82, 2.24) is 10.3 Å². The molecule has 2 amide bonds. The second-order valence-electron chi connectivity index (χ2n) is 6.96. The number of ether oxygens (including phenoxy) is 1. The van der Waals surface area contributed by atoms with Crippen LogP contribution in [0.2, 0.25) is 0 Å². The molecule has 0 aliphatic carbocycles. The molecular formula is C23H20F3N3O4. The second-order valence-corrected chi connectivity index (χ2v) is 6.96. The highest BCUT2D eigenvalue weighted by Crippen LogP contribution is 2.31. The lowest BCUT2D eigenvalue weighted by Crippen LogP contribution is -2.30. The average molecular weight is 459 g/mol. The molecule has 1 aromatic heterocycles. The van der Waals surface area contributed by atoms with Gasteiger partial charge < -0.3 is 20.5 Å². The molecule has 33 heavy (non-hydrogen) atoms. The second kappa shape index (κ2) is 10.5. The van der Waals surface area contributed by atoms with Crippen LogP contribution in [0.4, 0.5) is 23.7 Å². The van der Waals surface area contributed by atoms with Gasteiger partial charge in [-0.1, -0.05) is 12.1 Å². The summed E-state index contributed by atoms with van der Waals surface area (Å²) < 4.78 is 44.6. The van der Waals surface area contributed by atoms with Crippen molar-refractivity contribution in [2.75, 3.05) is 11.9 Å². The van der Waals surface area contributed by atoms with E-state index >= 15 is 0 Å². The first-order valence-electron chi connectivity index (χ1n) is 9.84. The van der Waals surface area contributed by atoms with Crippen LogP contribution in [0, 0.1) is 0 Å². The van der Waals surface area contributed by atoms with E-state index in [-0.39, 0.29) is 18.5 Å². The minimum atomic E-state index is -4.46. The number of halogens is 3. The van der Waals surface area contributed by atoms with Gasteiger partial charge in [-0.2, -0.15) is 13.2 Å². The van der Waals surface area contributed by atoms with Crippen LogP contribution in [0.25, 0.3) is 0 Å². The van der Waals surface area contributed by atoms with Gasteiger partial charge >= 0.3 is 18.2 Å². The molecule has 0 saturated carbocycles. The number of hydrogen-bond acceptors (Lipinski definition) is 4. The van der Waals surface area contributed by atoms with E-state index in [1.165, 1.54) is 48.8 Å². The highest BCUT2D eigenvalue weighted by molar-refractivity contribution is 5.89. The van der Waals surface area contributed by atoms with Gasteiger partial charge in [-0.25, -0.2) is 9.59 Å². The van der Waals surface area contributed by atoms with Crippen molar-refractivity contribution in [1.29, 1.82) is 0 Å². The lowest BCUT2D eigenvalue weighted by atomic mass is 10.0. The summed E-state index contributed by atoms with van der Waals surface area (Å²) in [5.41, 5.74) is 0.312. The monoisotopic (exact) mass is 459 g/mol. The fourth-order valence-electron chi connectivity index (χ4n) is 2.95. The number of hydrogen-bond donors (Lipinski definition) is 3. The normalized spacial score (nSPS) is 12.0. The Morgan fingerprint density at radius 3 is 2.18 bits per heavy atom. The minimum Gasteiger partial charge on any atom is -0.486 e. The van der Waals surface area contributed by atoms with Gasteiger partial charge in [0, 0.05) is 31.0 Å². The van der Waals surface area contributed by atoms with Crippen LogP contribution in [0.15, 0.2) is 73.1 Å². The molecule has 0 saturated heterocycles. The number of carbonyl (C=O) groups is 2. The summed E-state index contributed by atoms with van der Waals surface area (Å²) in [5.74, 6) is -0.753. The Morgan fingerprint density at radius 1 is 0.970 bits per heavy atom. The predicted molar refractivity (Wildman–Crippen MR) is 114 cm³/mol. The van der Waals surface area contributed by atoms with Gasteiger partial charge in [-0.3, -0.25) is 4.98 Å². The van der Waals surface area contributed by atoms with Crippen molar-refractivity contribution in [3.63, 3.8) is 0 Å². The maximum atomic E-state index is 12.9. The van der Waals surface area contributed by atoms with E-state index in [1.54, 1.807) is 12.1 Å². The zero-order chi connectivity index (χ0) is 23.8. The summed E-state index contributed by atoms with van der Waals surface area (Å²) in [7, 11) is 0. The Labute approximate surface area is 187 Å². The number of rotatable bonds is 8. The molecule has 3 aromatic rings. The summed E-state index contributed by atoms with van der Waals surface area (Å²) in [4.78, 5) is 27.0. The molecular weight excluding hydrogens is 439 g/mol. The van der Waals surface area contributed by atoms with Crippen LogP contribution in [0.3, 0.4) is 0 Å². The molecule has 7 nitrogen and oxygen atoms in total. The molecule has 2 aromatic carbocycles. The van der Waals surface area contributed by atoms with Crippen LogP contribution in [-0.2, 0) is 6.18 Å². The zero-order valence-corrected chi connectivity index (χ0v) is 17.2. The van der Waals surface area contributed by atoms with Crippen LogP contribution < -0.4 is 15.4 Å². The Kier molecular flexibility index (Phi) is 7.50. The lowest BCUT2D eigenvalue weighted by Gasteiger charge is -2.21. The number of benzene rings is 2. The number of alkyl halides is 3. The maximum Gasteiger partial charge on any atom is 0.416 e. The molecule has 0 radical (unpaired) electrons. The Bertz CT molecular complexity index is 1070. The summed E-state index contributed by atoms with van der Waals surface area (Å²) in [5, 5.41) is 14.3. The molecule has 0 bridgehead atoms. The van der Waals surface area contributed by atoms with E-state index < -0.39 is 29.8 Å². The van der Waals surface area contributed by atoms with Crippen LogP contribution in [0.5, 0.6) is 5.75 Å². The number of nitrogens with one attached hydrogen (secondary N) is 2. The molecule has 0 fully saturated rings. The SMILES string of the molecule is O=C(NCCC(Oc1ccc(C(=O)O)cc1)c1ccc(C(F)(F)F)cc1)Nc1ccncc1. The van der Waals surface area contributed by atoms with Crippen molar-refractivity contribution in [2.45, 2.75) is 18.7 Å². The van der Waals surface area contributed by atoms with Gasteiger partial charge in [0.1, 0.15) is 11.9 Å². The number of pyridine rings is 1. The third-order valence-electron chi connectivity index (χ3n) is 4.62. The number of aromatic nitrogens is 1. The first-order chi connectivity index (χ1) is 15.7. The standard InChI is InChI=1S/C23H20F3N3O4/c24-23(25,26)17-5-1-15(2-6-17)20(33-19-7-3-16(4-8-19)21(30)31)11-14-28-22(32)29-18-9-12-27-13-10-18/h1-10,12-13,20H,11,14H2,(H,30,31)(H2,27,28,29,32).